The summed E-state index contributed by atoms with van der Waals surface area (Å²) >= 11 is 0. The second-order valence-electron chi connectivity index (χ2n) is 6.86. The molecule has 0 aliphatic rings. The van der Waals surface area contributed by atoms with Gasteiger partial charge in [-0.2, -0.15) is 0 Å². The maximum absolute atomic E-state index is 12.5. The quantitative estimate of drug-likeness (QED) is 0.108. The molecule has 14 heteroatoms. The molecule has 0 aromatic heterocycles. The minimum atomic E-state index is -1.62. The van der Waals surface area contributed by atoms with Crippen LogP contribution in [-0.4, -0.2) is 93.5 Å². The fourth-order valence-electron chi connectivity index (χ4n) is 2.43. The van der Waals surface area contributed by atoms with Crippen molar-refractivity contribution in [3.63, 3.8) is 0 Å². The van der Waals surface area contributed by atoms with Gasteiger partial charge >= 0.3 is 11.9 Å². The smallest absolute Gasteiger partial charge is 0.328 e. The van der Waals surface area contributed by atoms with Crippen molar-refractivity contribution in [2.75, 3.05) is 13.2 Å². The highest BCUT2D eigenvalue weighted by molar-refractivity contribution is 5.94. The van der Waals surface area contributed by atoms with Crippen molar-refractivity contribution in [3.05, 3.63) is 0 Å². The molecule has 0 rings (SSSR count). The number of hydrogen-bond donors (Lipinski definition) is 9. The number of unbranched alkanes of at least 4 members (excludes halogenated alkanes) is 1. The summed E-state index contributed by atoms with van der Waals surface area (Å²) in [6, 6.07) is -5.88. The van der Waals surface area contributed by atoms with E-state index in [0.29, 0.717) is 19.4 Å². The first-order valence-electron chi connectivity index (χ1n) is 9.54. The number of amides is 3. The lowest BCUT2D eigenvalue weighted by Crippen LogP contribution is -2.59. The van der Waals surface area contributed by atoms with Crippen molar-refractivity contribution < 1.29 is 44.4 Å². The molecule has 178 valence electrons. The molecule has 0 aromatic carbocycles. The minimum Gasteiger partial charge on any atom is -0.481 e. The average Bonchev–Trinajstić information content (AvgIpc) is 2.67. The van der Waals surface area contributed by atoms with Gasteiger partial charge in [-0.1, -0.05) is 0 Å². The highest BCUT2D eigenvalue weighted by Gasteiger charge is 2.31. The lowest BCUT2D eigenvalue weighted by molar-refractivity contribution is -0.145. The molecule has 0 bridgehead atoms. The Morgan fingerprint density at radius 2 is 1.45 bits per heavy atom. The van der Waals surface area contributed by atoms with Crippen molar-refractivity contribution in [1.82, 2.24) is 16.0 Å². The third-order valence-corrected chi connectivity index (χ3v) is 4.17. The number of carboxylic acids is 2. The number of aliphatic hydroxyl groups is 2. The van der Waals surface area contributed by atoms with Crippen LogP contribution in [0.25, 0.3) is 0 Å². The zero-order chi connectivity index (χ0) is 24.1. The second kappa shape index (κ2) is 14.2. The third-order valence-electron chi connectivity index (χ3n) is 4.17. The topological polar surface area (TPSA) is 254 Å². The van der Waals surface area contributed by atoms with E-state index in [-0.39, 0.29) is 6.42 Å². The second-order valence-corrected chi connectivity index (χ2v) is 6.86. The summed E-state index contributed by atoms with van der Waals surface area (Å²) in [6.45, 7) is 0.600. The summed E-state index contributed by atoms with van der Waals surface area (Å²) in [7, 11) is 0. The van der Waals surface area contributed by atoms with Gasteiger partial charge in [0.15, 0.2) is 6.04 Å². The van der Waals surface area contributed by atoms with E-state index in [4.69, 9.17) is 21.7 Å². The van der Waals surface area contributed by atoms with Crippen LogP contribution in [0.15, 0.2) is 0 Å². The van der Waals surface area contributed by atoms with E-state index in [0.717, 1.165) is 0 Å². The van der Waals surface area contributed by atoms with Crippen LogP contribution in [0.3, 0.4) is 0 Å². The van der Waals surface area contributed by atoms with Gasteiger partial charge in [0.2, 0.25) is 17.7 Å². The summed E-state index contributed by atoms with van der Waals surface area (Å²) < 4.78 is 0. The Labute approximate surface area is 178 Å². The predicted molar refractivity (Wildman–Crippen MR) is 105 cm³/mol. The number of nitrogens with one attached hydrogen (secondary N) is 3. The van der Waals surface area contributed by atoms with Crippen LogP contribution < -0.4 is 27.4 Å². The first-order chi connectivity index (χ1) is 14.4. The molecule has 14 nitrogen and oxygen atoms in total. The van der Waals surface area contributed by atoms with Crippen LogP contribution in [0.2, 0.25) is 0 Å². The van der Waals surface area contributed by atoms with E-state index < -0.39 is 73.0 Å². The Morgan fingerprint density at radius 1 is 0.903 bits per heavy atom. The number of aliphatic carboxylic acids is 2. The van der Waals surface area contributed by atoms with Crippen LogP contribution in [0.4, 0.5) is 0 Å². The maximum Gasteiger partial charge on any atom is 0.328 e. The Hall–Kier alpha value is -2.81. The van der Waals surface area contributed by atoms with Crippen LogP contribution in [-0.2, 0) is 24.0 Å². The van der Waals surface area contributed by atoms with Gasteiger partial charge in [0, 0.05) is 0 Å². The molecule has 5 atom stereocenters. The normalized spacial score (nSPS) is 15.6. The highest BCUT2D eigenvalue weighted by Crippen LogP contribution is 2.04. The Kier molecular flexibility index (Phi) is 12.9. The summed E-state index contributed by atoms with van der Waals surface area (Å²) in [5.41, 5.74) is 10.8. The van der Waals surface area contributed by atoms with Gasteiger partial charge in [-0.15, -0.1) is 0 Å². The number of hydrogen-bond acceptors (Lipinski definition) is 9. The maximum atomic E-state index is 12.5. The molecule has 0 saturated carbocycles. The molecular formula is C17H31N5O9. The third kappa shape index (κ3) is 10.7. The van der Waals surface area contributed by atoms with Gasteiger partial charge in [-0.25, -0.2) is 4.79 Å². The summed E-state index contributed by atoms with van der Waals surface area (Å²) in [5, 5.41) is 43.2. The van der Waals surface area contributed by atoms with Gasteiger partial charge in [-0.3, -0.25) is 19.2 Å². The molecule has 0 saturated heterocycles. The summed E-state index contributed by atoms with van der Waals surface area (Å²) in [5.74, 6) is -5.70. The first-order valence-corrected chi connectivity index (χ1v) is 9.54. The van der Waals surface area contributed by atoms with E-state index >= 15 is 0 Å². The minimum absolute atomic E-state index is 0.0611. The van der Waals surface area contributed by atoms with Crippen LogP contribution in [0.1, 0.15) is 32.6 Å². The number of aliphatic hydroxyl groups excluding tert-OH is 2. The van der Waals surface area contributed by atoms with Gasteiger partial charge in [-0.05, 0) is 32.7 Å². The first kappa shape index (κ1) is 28.2. The fraction of sp³-hybridized carbons (Fsp3) is 0.706. The van der Waals surface area contributed by atoms with Gasteiger partial charge < -0.3 is 47.8 Å². The lowest BCUT2D eigenvalue weighted by Gasteiger charge is -2.25. The summed E-state index contributed by atoms with van der Waals surface area (Å²) in [6.07, 6.45) is -1.16. The average molecular weight is 449 g/mol. The standard InChI is InChI=1S/C17H31N5O9/c1-8(24)13(17(30)31)22-15(28)10(4-2-3-5-18)20-16(29)11(7-23)21-14(27)9(19)6-12(25)26/h8-11,13,23-24H,2-7,18-19H2,1H3,(H,20,29)(H,21,27)(H,22,28)(H,25,26)(H,30,31). The summed E-state index contributed by atoms with van der Waals surface area (Å²) in [4.78, 5) is 58.6. The Balaban J connectivity index is 5.26. The lowest BCUT2D eigenvalue weighted by atomic mass is 10.1. The van der Waals surface area contributed by atoms with E-state index in [1.165, 1.54) is 6.92 Å². The SMILES string of the molecule is CC(O)C(NC(=O)C(CCCCN)NC(=O)C(CO)NC(=O)C(N)CC(=O)O)C(=O)O. The zero-order valence-corrected chi connectivity index (χ0v) is 17.1. The predicted octanol–water partition coefficient (Wildman–Crippen LogP) is -4.17. The molecular weight excluding hydrogens is 418 g/mol. The van der Waals surface area contributed by atoms with Crippen LogP contribution in [0.5, 0.6) is 0 Å². The molecule has 11 N–H and O–H groups in total. The number of carboxylic acid groups (broad SMARTS) is 2. The van der Waals surface area contributed by atoms with Crippen molar-refractivity contribution in [2.24, 2.45) is 11.5 Å². The molecule has 0 aliphatic carbocycles. The Morgan fingerprint density at radius 3 is 1.90 bits per heavy atom. The molecule has 3 amide bonds. The van der Waals surface area contributed by atoms with Crippen molar-refractivity contribution in [3.8, 4) is 0 Å². The monoisotopic (exact) mass is 449 g/mol. The van der Waals surface area contributed by atoms with E-state index in [1.54, 1.807) is 0 Å². The molecule has 0 radical (unpaired) electrons. The van der Waals surface area contributed by atoms with E-state index in [1.807, 2.05) is 0 Å². The molecule has 0 fully saturated rings. The van der Waals surface area contributed by atoms with Crippen molar-refractivity contribution in [1.29, 1.82) is 0 Å². The zero-order valence-electron chi connectivity index (χ0n) is 17.1. The molecule has 0 heterocycles. The van der Waals surface area contributed by atoms with Crippen LogP contribution >= 0.6 is 0 Å². The molecule has 0 spiro atoms. The fourth-order valence-corrected chi connectivity index (χ4v) is 2.43. The van der Waals surface area contributed by atoms with Crippen LogP contribution in [0, 0.1) is 0 Å². The number of rotatable bonds is 15. The van der Waals surface area contributed by atoms with Crippen molar-refractivity contribution in [2.45, 2.75) is 62.9 Å². The molecule has 0 aliphatic heterocycles. The Bertz CT molecular complexity index is 643. The van der Waals surface area contributed by atoms with Crippen molar-refractivity contribution >= 4 is 29.7 Å². The largest absolute Gasteiger partial charge is 0.481 e. The van der Waals surface area contributed by atoms with E-state index in [9.17, 15) is 34.2 Å². The van der Waals surface area contributed by atoms with Gasteiger partial charge in [0.25, 0.3) is 0 Å². The number of nitrogens with two attached hydrogens (primary N) is 2. The van der Waals surface area contributed by atoms with Gasteiger partial charge in [0.1, 0.15) is 12.1 Å². The molecule has 0 aromatic rings. The number of carbonyl (C=O) groups excluding carboxylic acids is 3. The number of carbonyl (C=O) groups is 5. The van der Waals surface area contributed by atoms with Gasteiger partial charge in [0.05, 0.1) is 25.2 Å². The highest BCUT2D eigenvalue weighted by atomic mass is 16.4. The molecule has 5 unspecified atom stereocenters. The molecule has 31 heavy (non-hydrogen) atoms. The van der Waals surface area contributed by atoms with E-state index in [2.05, 4.69) is 16.0 Å².